The largest absolute Gasteiger partial charge is 0.377 e. The highest BCUT2D eigenvalue weighted by molar-refractivity contribution is 5.82. The average molecular weight is 214 g/mol. The van der Waals surface area contributed by atoms with E-state index < -0.39 is 0 Å². The van der Waals surface area contributed by atoms with E-state index in [9.17, 15) is 4.79 Å². The van der Waals surface area contributed by atoms with Gasteiger partial charge >= 0.3 is 0 Å². The molecule has 0 aliphatic carbocycles. The van der Waals surface area contributed by atoms with Gasteiger partial charge in [-0.15, -0.1) is 0 Å². The van der Waals surface area contributed by atoms with Crippen molar-refractivity contribution >= 4 is 5.91 Å². The van der Waals surface area contributed by atoms with Crippen LogP contribution in [0.5, 0.6) is 0 Å². The summed E-state index contributed by atoms with van der Waals surface area (Å²) in [5.41, 5.74) is 5.93. The Kier molecular flexibility index (Phi) is 4.54. The van der Waals surface area contributed by atoms with E-state index in [4.69, 9.17) is 10.5 Å². The van der Waals surface area contributed by atoms with E-state index in [1.165, 1.54) is 0 Å². The molecule has 2 N–H and O–H groups in total. The van der Waals surface area contributed by atoms with Crippen molar-refractivity contribution in [1.82, 2.24) is 4.90 Å². The fraction of sp³-hybridized carbons (Fsp3) is 0.909. The summed E-state index contributed by atoms with van der Waals surface area (Å²) in [6.07, 6.45) is 0.936. The second-order valence-electron chi connectivity index (χ2n) is 4.37. The predicted molar refractivity (Wildman–Crippen MR) is 59.4 cm³/mol. The van der Waals surface area contributed by atoms with E-state index in [1.54, 1.807) is 0 Å². The van der Waals surface area contributed by atoms with Crippen molar-refractivity contribution in [2.75, 3.05) is 19.8 Å². The monoisotopic (exact) mass is 214 g/mol. The van der Waals surface area contributed by atoms with Gasteiger partial charge in [0.05, 0.1) is 25.3 Å². The highest BCUT2D eigenvalue weighted by Gasteiger charge is 2.29. The number of nitrogens with zero attached hydrogens (tertiary/aromatic N) is 1. The van der Waals surface area contributed by atoms with Gasteiger partial charge in [0.1, 0.15) is 0 Å². The number of ether oxygens (including phenoxy) is 1. The second-order valence-corrected chi connectivity index (χ2v) is 4.37. The maximum Gasteiger partial charge on any atom is 0.240 e. The number of morpholine rings is 1. The molecule has 4 heteroatoms. The second kappa shape index (κ2) is 5.47. The standard InChI is InChI=1S/C11H22N2O2/c1-4-8(2)10(12)11(14)13-5-6-15-7-9(13)3/h8-10H,4-7,12H2,1-3H3. The zero-order valence-corrected chi connectivity index (χ0v) is 9.90. The lowest BCUT2D eigenvalue weighted by molar-refractivity contribution is -0.141. The third-order valence-electron chi connectivity index (χ3n) is 3.19. The van der Waals surface area contributed by atoms with Crippen LogP contribution in [0.2, 0.25) is 0 Å². The summed E-state index contributed by atoms with van der Waals surface area (Å²) in [6.45, 7) is 8.00. The number of carbonyl (C=O) groups excluding carboxylic acids is 1. The molecule has 0 radical (unpaired) electrons. The SMILES string of the molecule is CCC(C)C(N)C(=O)N1CCOCC1C. The molecule has 3 atom stereocenters. The third kappa shape index (κ3) is 2.92. The van der Waals surface area contributed by atoms with Crippen LogP contribution in [0.4, 0.5) is 0 Å². The van der Waals surface area contributed by atoms with Crippen molar-refractivity contribution < 1.29 is 9.53 Å². The van der Waals surface area contributed by atoms with Gasteiger partial charge in [0.15, 0.2) is 0 Å². The molecule has 3 unspecified atom stereocenters. The molecular weight excluding hydrogens is 192 g/mol. The molecule has 1 aliphatic heterocycles. The normalized spacial score (nSPS) is 26.1. The summed E-state index contributed by atoms with van der Waals surface area (Å²) in [7, 11) is 0. The van der Waals surface area contributed by atoms with Gasteiger partial charge in [-0.05, 0) is 12.8 Å². The van der Waals surface area contributed by atoms with Crippen LogP contribution in [-0.4, -0.2) is 42.6 Å². The maximum atomic E-state index is 12.1. The van der Waals surface area contributed by atoms with Gasteiger partial charge < -0.3 is 15.4 Å². The van der Waals surface area contributed by atoms with E-state index in [0.29, 0.717) is 19.8 Å². The minimum atomic E-state index is -0.365. The van der Waals surface area contributed by atoms with E-state index >= 15 is 0 Å². The lowest BCUT2D eigenvalue weighted by Gasteiger charge is -2.36. The maximum absolute atomic E-state index is 12.1. The summed E-state index contributed by atoms with van der Waals surface area (Å²) in [4.78, 5) is 13.9. The fourth-order valence-electron chi connectivity index (χ4n) is 1.74. The van der Waals surface area contributed by atoms with E-state index in [-0.39, 0.29) is 23.9 Å². The summed E-state index contributed by atoms with van der Waals surface area (Å²) >= 11 is 0. The number of amides is 1. The Morgan fingerprint density at radius 2 is 2.33 bits per heavy atom. The van der Waals surface area contributed by atoms with Gasteiger partial charge in [0.2, 0.25) is 5.91 Å². The first kappa shape index (κ1) is 12.5. The Hall–Kier alpha value is -0.610. The number of nitrogens with two attached hydrogens (primary N) is 1. The summed E-state index contributed by atoms with van der Waals surface area (Å²) < 4.78 is 5.29. The minimum absolute atomic E-state index is 0.0696. The average Bonchev–Trinajstić information content (AvgIpc) is 2.26. The molecule has 1 aliphatic rings. The zero-order valence-electron chi connectivity index (χ0n) is 9.90. The molecule has 0 aromatic carbocycles. The lowest BCUT2D eigenvalue weighted by Crippen LogP contribution is -2.54. The van der Waals surface area contributed by atoms with Crippen LogP contribution in [0.3, 0.4) is 0 Å². The number of carbonyl (C=O) groups is 1. The number of hydrogen-bond donors (Lipinski definition) is 1. The van der Waals surface area contributed by atoms with Crippen molar-refractivity contribution in [3.63, 3.8) is 0 Å². The molecular formula is C11H22N2O2. The molecule has 1 heterocycles. The van der Waals surface area contributed by atoms with Crippen LogP contribution in [0.25, 0.3) is 0 Å². The first-order valence-corrected chi connectivity index (χ1v) is 5.71. The molecule has 4 nitrogen and oxygen atoms in total. The predicted octanol–water partition coefficient (Wildman–Crippen LogP) is 0.607. The Bertz CT molecular complexity index is 221. The van der Waals surface area contributed by atoms with Crippen LogP contribution >= 0.6 is 0 Å². The Morgan fingerprint density at radius 1 is 1.67 bits per heavy atom. The van der Waals surface area contributed by atoms with E-state index in [2.05, 4.69) is 6.92 Å². The molecule has 1 fully saturated rings. The van der Waals surface area contributed by atoms with Gasteiger partial charge in [-0.2, -0.15) is 0 Å². The fourth-order valence-corrected chi connectivity index (χ4v) is 1.74. The van der Waals surface area contributed by atoms with Crippen molar-refractivity contribution in [3.05, 3.63) is 0 Å². The summed E-state index contributed by atoms with van der Waals surface area (Å²) in [5, 5.41) is 0. The van der Waals surface area contributed by atoms with Crippen molar-refractivity contribution in [1.29, 1.82) is 0 Å². The molecule has 1 amide bonds. The van der Waals surface area contributed by atoms with Gasteiger partial charge in [-0.3, -0.25) is 4.79 Å². The smallest absolute Gasteiger partial charge is 0.240 e. The zero-order chi connectivity index (χ0) is 11.4. The highest BCUT2D eigenvalue weighted by Crippen LogP contribution is 2.13. The van der Waals surface area contributed by atoms with Crippen LogP contribution in [0.15, 0.2) is 0 Å². The van der Waals surface area contributed by atoms with Gasteiger partial charge in [-0.25, -0.2) is 0 Å². The number of hydrogen-bond acceptors (Lipinski definition) is 3. The van der Waals surface area contributed by atoms with Crippen LogP contribution < -0.4 is 5.73 Å². The quantitative estimate of drug-likeness (QED) is 0.749. The topological polar surface area (TPSA) is 55.6 Å². The molecule has 0 aromatic rings. The van der Waals surface area contributed by atoms with Crippen LogP contribution in [-0.2, 0) is 9.53 Å². The van der Waals surface area contributed by atoms with Crippen LogP contribution in [0.1, 0.15) is 27.2 Å². The molecule has 0 saturated carbocycles. The van der Waals surface area contributed by atoms with E-state index in [0.717, 1.165) is 6.42 Å². The number of rotatable bonds is 3. The first-order chi connectivity index (χ1) is 7.07. The Balaban J connectivity index is 2.57. The van der Waals surface area contributed by atoms with Crippen molar-refractivity contribution in [3.8, 4) is 0 Å². The molecule has 0 aromatic heterocycles. The van der Waals surface area contributed by atoms with Crippen molar-refractivity contribution in [2.45, 2.75) is 39.3 Å². The summed E-state index contributed by atoms with van der Waals surface area (Å²) in [5.74, 6) is 0.313. The van der Waals surface area contributed by atoms with Gasteiger partial charge in [-0.1, -0.05) is 20.3 Å². The van der Waals surface area contributed by atoms with Gasteiger partial charge in [0, 0.05) is 6.54 Å². The Morgan fingerprint density at radius 3 is 2.87 bits per heavy atom. The van der Waals surface area contributed by atoms with Gasteiger partial charge in [0.25, 0.3) is 0 Å². The molecule has 1 rings (SSSR count). The summed E-state index contributed by atoms with van der Waals surface area (Å²) in [6, 6.07) is -0.211. The third-order valence-corrected chi connectivity index (χ3v) is 3.19. The molecule has 0 bridgehead atoms. The molecule has 88 valence electrons. The lowest BCUT2D eigenvalue weighted by atomic mass is 9.98. The van der Waals surface area contributed by atoms with Crippen LogP contribution in [0, 0.1) is 5.92 Å². The molecule has 15 heavy (non-hydrogen) atoms. The molecule has 1 saturated heterocycles. The highest BCUT2D eigenvalue weighted by atomic mass is 16.5. The van der Waals surface area contributed by atoms with Crippen molar-refractivity contribution in [2.24, 2.45) is 11.7 Å². The minimum Gasteiger partial charge on any atom is -0.377 e. The molecule has 0 spiro atoms. The Labute approximate surface area is 91.8 Å². The first-order valence-electron chi connectivity index (χ1n) is 5.71. The van der Waals surface area contributed by atoms with E-state index in [1.807, 2.05) is 18.7 Å².